The Hall–Kier alpha value is -0.340. The first-order chi connectivity index (χ1) is 7.92. The van der Waals surface area contributed by atoms with Crippen LogP contribution >= 0.6 is 0 Å². The van der Waals surface area contributed by atoms with E-state index < -0.39 is 0 Å². The van der Waals surface area contributed by atoms with E-state index in [9.17, 15) is 0 Å². The predicted octanol–water partition coefficient (Wildman–Crippen LogP) is 3.07. The lowest BCUT2D eigenvalue weighted by atomic mass is 9.95. The van der Waals surface area contributed by atoms with Gasteiger partial charge in [-0.3, -0.25) is 0 Å². The van der Waals surface area contributed by atoms with Crippen molar-refractivity contribution in [2.24, 2.45) is 11.3 Å². The number of aliphatic hydroxyl groups is 1. The largest absolute Gasteiger partial charge is 0.392 e. The fraction of sp³-hybridized carbons (Fsp3) is 0.867. The Morgan fingerprint density at radius 3 is 2.53 bits per heavy atom. The third-order valence-corrected chi connectivity index (χ3v) is 3.56. The van der Waals surface area contributed by atoms with Crippen molar-refractivity contribution >= 4 is 0 Å². The maximum Gasteiger partial charge on any atom is 0.0612 e. The Bertz CT molecular complexity index is 242. The van der Waals surface area contributed by atoms with Crippen LogP contribution in [0.15, 0.2) is 12.2 Å². The first kappa shape index (κ1) is 14.7. The minimum Gasteiger partial charge on any atom is -0.392 e. The summed E-state index contributed by atoms with van der Waals surface area (Å²) in [7, 11) is 0. The number of likely N-dealkylation sites (tertiary alicyclic amines) is 1. The highest BCUT2D eigenvalue weighted by molar-refractivity contribution is 4.91. The van der Waals surface area contributed by atoms with Crippen LogP contribution in [0.4, 0.5) is 0 Å². The number of allylic oxidation sites excluding steroid dienone is 1. The van der Waals surface area contributed by atoms with Crippen molar-refractivity contribution in [2.75, 3.05) is 19.7 Å². The van der Waals surface area contributed by atoms with Gasteiger partial charge in [0.15, 0.2) is 0 Å². The summed E-state index contributed by atoms with van der Waals surface area (Å²) < 4.78 is 0. The molecule has 1 saturated heterocycles. The van der Waals surface area contributed by atoms with E-state index >= 15 is 0 Å². The lowest BCUT2D eigenvalue weighted by Crippen LogP contribution is -2.38. The van der Waals surface area contributed by atoms with Crippen LogP contribution in [0.2, 0.25) is 0 Å². The highest BCUT2D eigenvalue weighted by Gasteiger charge is 2.24. The van der Waals surface area contributed by atoms with Crippen LogP contribution in [0.25, 0.3) is 0 Å². The number of nitrogens with zero attached hydrogens (tertiary/aromatic N) is 1. The summed E-state index contributed by atoms with van der Waals surface area (Å²) in [6.07, 6.45) is 7.87. The molecular formula is C15H29NO. The van der Waals surface area contributed by atoms with Crippen molar-refractivity contribution in [3.05, 3.63) is 12.2 Å². The molecule has 2 unspecified atom stereocenters. The molecule has 17 heavy (non-hydrogen) atoms. The molecule has 2 nitrogen and oxygen atoms in total. The van der Waals surface area contributed by atoms with Crippen LogP contribution in [0.5, 0.6) is 0 Å². The Morgan fingerprint density at radius 1 is 1.24 bits per heavy atom. The smallest absolute Gasteiger partial charge is 0.0612 e. The van der Waals surface area contributed by atoms with E-state index in [-0.39, 0.29) is 6.61 Å². The maximum atomic E-state index is 8.83. The standard InChI is InChI=1S/C15H29NO/c1-13-7-8-14(6-5-11-17)9-10-16(13)12-15(2,3)4/h5-6,13-14,17H,7-12H2,1-4H3/b6-5-. The molecule has 1 heterocycles. The quantitative estimate of drug-likeness (QED) is 0.765. The van der Waals surface area contributed by atoms with Gasteiger partial charge in [0, 0.05) is 12.6 Å². The minimum atomic E-state index is 0.178. The van der Waals surface area contributed by atoms with Gasteiger partial charge in [0.1, 0.15) is 0 Å². The van der Waals surface area contributed by atoms with Gasteiger partial charge in [-0.25, -0.2) is 0 Å². The van der Waals surface area contributed by atoms with Gasteiger partial charge in [0.2, 0.25) is 0 Å². The predicted molar refractivity (Wildman–Crippen MR) is 74.1 cm³/mol. The molecule has 0 aromatic carbocycles. The lowest BCUT2D eigenvalue weighted by molar-refractivity contribution is 0.149. The molecule has 0 aromatic rings. The molecule has 2 atom stereocenters. The first-order valence-electron chi connectivity index (χ1n) is 6.94. The molecule has 0 radical (unpaired) electrons. The molecule has 0 spiro atoms. The number of rotatable bonds is 3. The molecule has 0 saturated carbocycles. The van der Waals surface area contributed by atoms with E-state index in [1.807, 2.05) is 6.08 Å². The van der Waals surface area contributed by atoms with E-state index in [0.717, 1.165) is 0 Å². The number of aliphatic hydroxyl groups excluding tert-OH is 1. The third kappa shape index (κ3) is 5.69. The Labute approximate surface area is 107 Å². The fourth-order valence-corrected chi connectivity index (χ4v) is 2.62. The van der Waals surface area contributed by atoms with Crippen molar-refractivity contribution in [2.45, 2.75) is 53.0 Å². The average Bonchev–Trinajstić information content (AvgIpc) is 2.38. The Kier molecular flexibility index (Phi) is 5.68. The minimum absolute atomic E-state index is 0.178. The molecule has 1 rings (SSSR count). The van der Waals surface area contributed by atoms with Crippen molar-refractivity contribution in [1.82, 2.24) is 4.90 Å². The van der Waals surface area contributed by atoms with Gasteiger partial charge in [-0.15, -0.1) is 0 Å². The van der Waals surface area contributed by atoms with Gasteiger partial charge in [-0.1, -0.05) is 32.9 Å². The lowest BCUT2D eigenvalue weighted by Gasteiger charge is -2.33. The Balaban J connectivity index is 2.51. The molecule has 0 aromatic heterocycles. The van der Waals surface area contributed by atoms with Gasteiger partial charge in [0.25, 0.3) is 0 Å². The molecule has 1 aliphatic heterocycles. The zero-order valence-electron chi connectivity index (χ0n) is 11.9. The summed E-state index contributed by atoms with van der Waals surface area (Å²) in [6, 6.07) is 0.696. The zero-order chi connectivity index (χ0) is 12.9. The van der Waals surface area contributed by atoms with Gasteiger partial charge in [-0.2, -0.15) is 0 Å². The topological polar surface area (TPSA) is 23.5 Å². The third-order valence-electron chi connectivity index (χ3n) is 3.56. The van der Waals surface area contributed by atoms with Crippen LogP contribution in [0, 0.1) is 11.3 Å². The van der Waals surface area contributed by atoms with E-state index in [4.69, 9.17) is 5.11 Å². The summed E-state index contributed by atoms with van der Waals surface area (Å²) in [5.74, 6) is 0.662. The SMILES string of the molecule is CC1CCC(/C=C\CO)CCN1CC(C)(C)C. The van der Waals surface area contributed by atoms with Gasteiger partial charge in [0.05, 0.1) is 6.61 Å². The van der Waals surface area contributed by atoms with Gasteiger partial charge >= 0.3 is 0 Å². The Morgan fingerprint density at radius 2 is 1.94 bits per heavy atom. The van der Waals surface area contributed by atoms with Gasteiger partial charge in [-0.05, 0) is 44.1 Å². The molecule has 2 heteroatoms. The van der Waals surface area contributed by atoms with E-state index in [2.05, 4.69) is 38.7 Å². The van der Waals surface area contributed by atoms with Crippen LogP contribution in [0.1, 0.15) is 47.0 Å². The molecule has 1 aliphatic rings. The monoisotopic (exact) mass is 239 g/mol. The van der Waals surface area contributed by atoms with Crippen molar-refractivity contribution in [3.8, 4) is 0 Å². The van der Waals surface area contributed by atoms with Gasteiger partial charge < -0.3 is 10.0 Å². The normalized spacial score (nSPS) is 28.5. The summed E-state index contributed by atoms with van der Waals surface area (Å²) in [5.41, 5.74) is 0.384. The molecule has 1 N–H and O–H groups in total. The second kappa shape index (κ2) is 6.55. The summed E-state index contributed by atoms with van der Waals surface area (Å²) in [5, 5.41) is 8.83. The second-order valence-electron chi connectivity index (χ2n) is 6.62. The highest BCUT2D eigenvalue weighted by Crippen LogP contribution is 2.26. The highest BCUT2D eigenvalue weighted by atomic mass is 16.2. The van der Waals surface area contributed by atoms with Crippen molar-refractivity contribution in [1.29, 1.82) is 0 Å². The first-order valence-corrected chi connectivity index (χ1v) is 6.94. The molecule has 0 aliphatic carbocycles. The molecule has 100 valence electrons. The van der Waals surface area contributed by atoms with E-state index in [1.54, 1.807) is 0 Å². The number of hydrogen-bond acceptors (Lipinski definition) is 2. The molecular weight excluding hydrogens is 210 g/mol. The van der Waals surface area contributed by atoms with Crippen LogP contribution in [0.3, 0.4) is 0 Å². The zero-order valence-corrected chi connectivity index (χ0v) is 11.9. The van der Waals surface area contributed by atoms with E-state index in [0.29, 0.717) is 17.4 Å². The fourth-order valence-electron chi connectivity index (χ4n) is 2.62. The summed E-state index contributed by atoms with van der Waals surface area (Å²) in [4.78, 5) is 2.63. The van der Waals surface area contributed by atoms with Crippen LogP contribution in [-0.4, -0.2) is 35.7 Å². The molecule has 1 fully saturated rings. The summed E-state index contributed by atoms with van der Waals surface area (Å²) >= 11 is 0. The molecule has 0 amide bonds. The van der Waals surface area contributed by atoms with Crippen LogP contribution in [-0.2, 0) is 0 Å². The second-order valence-corrected chi connectivity index (χ2v) is 6.62. The number of hydrogen-bond donors (Lipinski definition) is 1. The average molecular weight is 239 g/mol. The van der Waals surface area contributed by atoms with Crippen LogP contribution < -0.4 is 0 Å². The van der Waals surface area contributed by atoms with Crippen molar-refractivity contribution in [3.63, 3.8) is 0 Å². The maximum absolute atomic E-state index is 8.83. The molecule has 0 bridgehead atoms. The summed E-state index contributed by atoms with van der Waals surface area (Å²) in [6.45, 7) is 11.8. The van der Waals surface area contributed by atoms with E-state index in [1.165, 1.54) is 32.4 Å². The van der Waals surface area contributed by atoms with Crippen molar-refractivity contribution < 1.29 is 5.11 Å².